The molecule has 1 unspecified atom stereocenters. The van der Waals surface area contributed by atoms with Crippen molar-refractivity contribution in [3.63, 3.8) is 0 Å². The topological polar surface area (TPSA) is 67.0 Å². The Morgan fingerprint density at radius 3 is 3.14 bits per heavy atom. The Labute approximate surface area is 123 Å². The summed E-state index contributed by atoms with van der Waals surface area (Å²) in [6.07, 6.45) is 3.77. The van der Waals surface area contributed by atoms with Crippen molar-refractivity contribution in [2.45, 2.75) is 19.6 Å². The van der Waals surface area contributed by atoms with Crippen molar-refractivity contribution >= 4 is 5.82 Å². The molecule has 0 N–H and O–H groups in total. The molecule has 0 saturated carbocycles. The Kier molecular flexibility index (Phi) is 3.84. The first kappa shape index (κ1) is 13.6. The summed E-state index contributed by atoms with van der Waals surface area (Å²) in [6, 6.07) is 7.95. The van der Waals surface area contributed by atoms with Crippen molar-refractivity contribution in [3.8, 4) is 6.07 Å². The highest BCUT2D eigenvalue weighted by molar-refractivity contribution is 5.45. The average molecular weight is 283 g/mol. The van der Waals surface area contributed by atoms with Crippen LogP contribution in [0.5, 0.6) is 0 Å². The summed E-state index contributed by atoms with van der Waals surface area (Å²) in [5, 5.41) is 13.3. The van der Waals surface area contributed by atoms with E-state index in [0.717, 1.165) is 31.0 Å². The number of nitrogens with zero attached hydrogens (tertiary/aromatic N) is 5. The molecular formula is C15H17N5O. The summed E-state index contributed by atoms with van der Waals surface area (Å²) in [4.78, 5) is 6.60. The molecule has 1 atom stereocenters. The molecule has 3 rings (SSSR count). The van der Waals surface area contributed by atoms with E-state index in [4.69, 9.17) is 10.00 Å². The number of hydrogen-bond donors (Lipinski definition) is 0. The maximum atomic E-state index is 9.10. The summed E-state index contributed by atoms with van der Waals surface area (Å²) in [5.74, 6) is 0.839. The predicted molar refractivity (Wildman–Crippen MR) is 77.9 cm³/mol. The van der Waals surface area contributed by atoms with E-state index in [1.807, 2.05) is 36.0 Å². The van der Waals surface area contributed by atoms with Gasteiger partial charge in [0.25, 0.3) is 0 Å². The number of aromatic nitrogens is 3. The molecule has 2 aromatic rings. The Hall–Kier alpha value is -2.39. The zero-order chi connectivity index (χ0) is 14.7. The smallest absolute Gasteiger partial charge is 0.145 e. The monoisotopic (exact) mass is 283 g/mol. The van der Waals surface area contributed by atoms with Crippen molar-refractivity contribution < 1.29 is 4.74 Å². The van der Waals surface area contributed by atoms with Crippen LogP contribution >= 0.6 is 0 Å². The molecule has 2 aromatic heterocycles. The molecule has 0 radical (unpaired) electrons. The molecule has 0 spiro atoms. The molecule has 1 aliphatic rings. The van der Waals surface area contributed by atoms with E-state index >= 15 is 0 Å². The highest BCUT2D eigenvalue weighted by Gasteiger charge is 2.22. The Morgan fingerprint density at radius 1 is 1.48 bits per heavy atom. The molecular weight excluding hydrogens is 266 g/mol. The quantitative estimate of drug-likeness (QED) is 0.851. The summed E-state index contributed by atoms with van der Waals surface area (Å²) >= 11 is 0. The normalized spacial score (nSPS) is 18.5. The van der Waals surface area contributed by atoms with Gasteiger partial charge < -0.3 is 9.64 Å². The van der Waals surface area contributed by atoms with E-state index in [0.29, 0.717) is 12.3 Å². The number of nitriles is 1. The van der Waals surface area contributed by atoms with Gasteiger partial charge in [-0.25, -0.2) is 4.98 Å². The van der Waals surface area contributed by atoms with Crippen LogP contribution in [0.1, 0.15) is 11.3 Å². The van der Waals surface area contributed by atoms with Crippen LogP contribution in [-0.4, -0.2) is 40.6 Å². The van der Waals surface area contributed by atoms with Crippen molar-refractivity contribution in [1.29, 1.82) is 5.26 Å². The number of morpholine rings is 1. The minimum absolute atomic E-state index is 0.0762. The minimum Gasteiger partial charge on any atom is -0.373 e. The molecule has 6 heteroatoms. The summed E-state index contributed by atoms with van der Waals surface area (Å²) < 4.78 is 7.66. The van der Waals surface area contributed by atoms with Gasteiger partial charge in [-0.2, -0.15) is 10.4 Å². The van der Waals surface area contributed by atoms with Crippen LogP contribution in [0, 0.1) is 18.3 Å². The molecule has 21 heavy (non-hydrogen) atoms. The molecule has 1 saturated heterocycles. The fraction of sp³-hybridized carbons (Fsp3) is 0.400. The lowest BCUT2D eigenvalue weighted by molar-refractivity contribution is 0.0272. The minimum atomic E-state index is 0.0762. The van der Waals surface area contributed by atoms with Crippen molar-refractivity contribution in [2.75, 3.05) is 24.6 Å². The van der Waals surface area contributed by atoms with Crippen LogP contribution in [0.3, 0.4) is 0 Å². The SMILES string of the molecule is Cc1ccc(N2CCOC(Cn3cccn3)C2)nc1C#N. The lowest BCUT2D eigenvalue weighted by atomic mass is 10.2. The molecule has 1 fully saturated rings. The highest BCUT2D eigenvalue weighted by atomic mass is 16.5. The van der Waals surface area contributed by atoms with E-state index in [9.17, 15) is 0 Å². The molecule has 0 aromatic carbocycles. The summed E-state index contributed by atoms with van der Waals surface area (Å²) in [5.41, 5.74) is 1.39. The van der Waals surface area contributed by atoms with Gasteiger partial charge in [-0.1, -0.05) is 6.07 Å². The lowest BCUT2D eigenvalue weighted by Crippen LogP contribution is -2.44. The molecule has 0 amide bonds. The molecule has 1 aliphatic heterocycles. The Balaban J connectivity index is 1.72. The van der Waals surface area contributed by atoms with Gasteiger partial charge in [0, 0.05) is 25.5 Å². The van der Waals surface area contributed by atoms with Crippen molar-refractivity contribution in [3.05, 3.63) is 41.9 Å². The van der Waals surface area contributed by atoms with Gasteiger partial charge in [-0.05, 0) is 24.6 Å². The van der Waals surface area contributed by atoms with Gasteiger partial charge in [-0.15, -0.1) is 0 Å². The van der Waals surface area contributed by atoms with Crippen LogP contribution < -0.4 is 4.90 Å². The second-order valence-corrected chi connectivity index (χ2v) is 5.11. The molecule has 108 valence electrons. The van der Waals surface area contributed by atoms with Gasteiger partial charge in [0.2, 0.25) is 0 Å². The van der Waals surface area contributed by atoms with Crippen LogP contribution in [0.15, 0.2) is 30.6 Å². The van der Waals surface area contributed by atoms with E-state index in [-0.39, 0.29) is 6.10 Å². The third-order valence-corrected chi connectivity index (χ3v) is 3.60. The Bertz CT molecular complexity index is 647. The van der Waals surface area contributed by atoms with Gasteiger partial charge in [0.1, 0.15) is 17.6 Å². The summed E-state index contributed by atoms with van der Waals surface area (Å²) in [6.45, 7) is 4.82. The van der Waals surface area contributed by atoms with Crippen LogP contribution in [0.25, 0.3) is 0 Å². The van der Waals surface area contributed by atoms with Gasteiger partial charge in [0.05, 0.1) is 19.3 Å². The van der Waals surface area contributed by atoms with Gasteiger partial charge >= 0.3 is 0 Å². The molecule has 3 heterocycles. The van der Waals surface area contributed by atoms with Crippen LogP contribution in [0.4, 0.5) is 5.82 Å². The predicted octanol–water partition coefficient (Wildman–Crippen LogP) is 1.36. The van der Waals surface area contributed by atoms with Gasteiger partial charge in [0.15, 0.2) is 0 Å². The lowest BCUT2D eigenvalue weighted by Gasteiger charge is -2.33. The zero-order valence-electron chi connectivity index (χ0n) is 11.9. The Morgan fingerprint density at radius 2 is 2.38 bits per heavy atom. The van der Waals surface area contributed by atoms with Crippen molar-refractivity contribution in [2.24, 2.45) is 0 Å². The zero-order valence-corrected chi connectivity index (χ0v) is 11.9. The third-order valence-electron chi connectivity index (χ3n) is 3.60. The van der Waals surface area contributed by atoms with Gasteiger partial charge in [-0.3, -0.25) is 4.68 Å². The van der Waals surface area contributed by atoms with E-state index in [2.05, 4.69) is 21.1 Å². The molecule has 0 aliphatic carbocycles. The largest absolute Gasteiger partial charge is 0.373 e. The number of aryl methyl sites for hydroxylation is 1. The number of hydrogen-bond acceptors (Lipinski definition) is 5. The molecule has 0 bridgehead atoms. The first-order valence-corrected chi connectivity index (χ1v) is 6.98. The maximum absolute atomic E-state index is 9.10. The fourth-order valence-corrected chi connectivity index (χ4v) is 2.46. The number of rotatable bonds is 3. The number of pyridine rings is 1. The first-order valence-electron chi connectivity index (χ1n) is 6.98. The molecule has 6 nitrogen and oxygen atoms in total. The highest BCUT2D eigenvalue weighted by Crippen LogP contribution is 2.18. The van der Waals surface area contributed by atoms with E-state index in [1.165, 1.54) is 0 Å². The third kappa shape index (κ3) is 3.03. The summed E-state index contributed by atoms with van der Waals surface area (Å²) in [7, 11) is 0. The maximum Gasteiger partial charge on any atom is 0.145 e. The second-order valence-electron chi connectivity index (χ2n) is 5.11. The number of anilines is 1. The fourth-order valence-electron chi connectivity index (χ4n) is 2.46. The first-order chi connectivity index (χ1) is 10.3. The van der Waals surface area contributed by atoms with Crippen molar-refractivity contribution in [1.82, 2.24) is 14.8 Å². The van der Waals surface area contributed by atoms with Crippen LogP contribution in [-0.2, 0) is 11.3 Å². The standard InChI is InChI=1S/C15H17N5O/c1-12-3-4-15(18-14(12)9-16)19-7-8-21-13(10-19)11-20-6-2-5-17-20/h2-6,13H,7-8,10-11H2,1H3. The van der Waals surface area contributed by atoms with E-state index < -0.39 is 0 Å². The van der Waals surface area contributed by atoms with E-state index in [1.54, 1.807) is 6.20 Å². The number of ether oxygens (including phenoxy) is 1. The average Bonchev–Trinajstić information content (AvgIpc) is 3.01. The van der Waals surface area contributed by atoms with Crippen LogP contribution in [0.2, 0.25) is 0 Å². The second kappa shape index (κ2) is 5.94.